The molecule has 3 heteroatoms. The molecule has 1 N–H and O–H groups in total. The third-order valence-electron chi connectivity index (χ3n) is 3.53. The van der Waals surface area contributed by atoms with Crippen molar-refractivity contribution in [1.29, 1.82) is 0 Å². The molecule has 0 saturated carbocycles. The number of hydrogen-bond donors (Lipinski definition) is 1. The lowest BCUT2D eigenvalue weighted by Crippen LogP contribution is -2.21. The van der Waals surface area contributed by atoms with Crippen molar-refractivity contribution in [2.45, 2.75) is 25.2 Å². The average Bonchev–Trinajstić information content (AvgIpc) is 2.38. The van der Waals surface area contributed by atoms with Crippen LogP contribution < -0.4 is 14.8 Å². The number of fused-ring (bicyclic) bond motifs is 1. The highest BCUT2D eigenvalue weighted by Crippen LogP contribution is 2.38. The number of methoxy groups -OCH3 is 2. The molecule has 1 unspecified atom stereocenters. The van der Waals surface area contributed by atoms with Crippen molar-refractivity contribution < 1.29 is 9.47 Å². The van der Waals surface area contributed by atoms with E-state index in [0.717, 1.165) is 24.5 Å². The third kappa shape index (κ3) is 2.39. The molecular weight excluding hydrogens is 214 g/mol. The van der Waals surface area contributed by atoms with E-state index in [0.29, 0.717) is 5.92 Å². The predicted molar refractivity (Wildman–Crippen MR) is 69.2 cm³/mol. The number of rotatable bonds is 4. The Bertz CT molecular complexity index is 390. The van der Waals surface area contributed by atoms with Gasteiger partial charge in [-0.2, -0.15) is 0 Å². The Kier molecular flexibility index (Phi) is 3.89. The zero-order chi connectivity index (χ0) is 12.3. The largest absolute Gasteiger partial charge is 0.493 e. The first-order valence-electron chi connectivity index (χ1n) is 6.19. The van der Waals surface area contributed by atoms with Gasteiger partial charge in [0.2, 0.25) is 0 Å². The van der Waals surface area contributed by atoms with Gasteiger partial charge in [-0.15, -0.1) is 0 Å². The summed E-state index contributed by atoms with van der Waals surface area (Å²) in [7, 11) is 5.40. The topological polar surface area (TPSA) is 30.5 Å². The molecular formula is C14H21NO2. The predicted octanol–water partition coefficient (Wildman–Crippen LogP) is 2.34. The Labute approximate surface area is 103 Å². The van der Waals surface area contributed by atoms with Crippen LogP contribution in [0.15, 0.2) is 12.1 Å². The molecule has 94 valence electrons. The summed E-state index contributed by atoms with van der Waals surface area (Å²) in [4.78, 5) is 0. The molecule has 1 atom stereocenters. The highest BCUT2D eigenvalue weighted by Gasteiger charge is 2.22. The maximum atomic E-state index is 5.38. The van der Waals surface area contributed by atoms with Crippen molar-refractivity contribution in [1.82, 2.24) is 5.32 Å². The Morgan fingerprint density at radius 2 is 1.94 bits per heavy atom. The molecule has 3 nitrogen and oxygen atoms in total. The van der Waals surface area contributed by atoms with Gasteiger partial charge in [0.15, 0.2) is 11.5 Å². The first-order valence-corrected chi connectivity index (χ1v) is 6.19. The lowest BCUT2D eigenvalue weighted by molar-refractivity contribution is 0.352. The van der Waals surface area contributed by atoms with E-state index in [9.17, 15) is 0 Å². The molecule has 0 fully saturated rings. The third-order valence-corrected chi connectivity index (χ3v) is 3.53. The highest BCUT2D eigenvalue weighted by atomic mass is 16.5. The number of nitrogens with one attached hydrogen (secondary N) is 1. The van der Waals surface area contributed by atoms with Crippen LogP contribution in [0.1, 0.15) is 29.9 Å². The van der Waals surface area contributed by atoms with Crippen LogP contribution in [0, 0.1) is 0 Å². The average molecular weight is 235 g/mol. The fourth-order valence-corrected chi connectivity index (χ4v) is 2.69. The van der Waals surface area contributed by atoms with E-state index in [1.54, 1.807) is 14.2 Å². The molecule has 0 radical (unpaired) electrons. The van der Waals surface area contributed by atoms with Crippen LogP contribution in [0.25, 0.3) is 0 Å². The van der Waals surface area contributed by atoms with Crippen LogP contribution >= 0.6 is 0 Å². The maximum absolute atomic E-state index is 5.38. The van der Waals surface area contributed by atoms with Crippen LogP contribution in [-0.2, 0) is 6.42 Å². The number of ether oxygens (including phenoxy) is 2. The van der Waals surface area contributed by atoms with E-state index in [-0.39, 0.29) is 0 Å². The number of benzene rings is 1. The first-order chi connectivity index (χ1) is 8.30. The van der Waals surface area contributed by atoms with E-state index in [2.05, 4.69) is 17.4 Å². The van der Waals surface area contributed by atoms with Crippen molar-refractivity contribution in [2.75, 3.05) is 27.8 Å². The second-order valence-corrected chi connectivity index (χ2v) is 4.55. The Hall–Kier alpha value is -1.22. The van der Waals surface area contributed by atoms with E-state index < -0.39 is 0 Å². The van der Waals surface area contributed by atoms with Crippen molar-refractivity contribution in [3.63, 3.8) is 0 Å². The minimum absolute atomic E-state index is 0.601. The van der Waals surface area contributed by atoms with Gasteiger partial charge in [0.25, 0.3) is 0 Å². The molecule has 1 aromatic carbocycles. The maximum Gasteiger partial charge on any atom is 0.161 e. The van der Waals surface area contributed by atoms with Gasteiger partial charge in [-0.25, -0.2) is 0 Å². The summed E-state index contributed by atoms with van der Waals surface area (Å²) in [5, 5.41) is 3.27. The lowest BCUT2D eigenvalue weighted by atomic mass is 9.82. The van der Waals surface area contributed by atoms with Crippen LogP contribution in [-0.4, -0.2) is 27.8 Å². The SMILES string of the molecule is CNCC1CCCc2cc(OC)c(OC)cc21. The Morgan fingerprint density at radius 3 is 2.59 bits per heavy atom. The van der Waals surface area contributed by atoms with Gasteiger partial charge in [-0.1, -0.05) is 0 Å². The molecule has 0 bridgehead atoms. The van der Waals surface area contributed by atoms with Gasteiger partial charge >= 0.3 is 0 Å². The fraction of sp³-hybridized carbons (Fsp3) is 0.571. The molecule has 0 spiro atoms. The monoisotopic (exact) mass is 235 g/mol. The lowest BCUT2D eigenvalue weighted by Gasteiger charge is -2.26. The Morgan fingerprint density at radius 1 is 1.24 bits per heavy atom. The molecule has 1 aliphatic rings. The number of likely N-dealkylation sites (N-methyl/N-ethyl adjacent to an activating group) is 1. The van der Waals surface area contributed by atoms with Crippen molar-refractivity contribution >= 4 is 0 Å². The van der Waals surface area contributed by atoms with Crippen molar-refractivity contribution in [3.05, 3.63) is 23.3 Å². The van der Waals surface area contributed by atoms with Crippen molar-refractivity contribution in [2.24, 2.45) is 0 Å². The number of hydrogen-bond acceptors (Lipinski definition) is 3. The van der Waals surface area contributed by atoms with Gasteiger partial charge in [-0.3, -0.25) is 0 Å². The summed E-state index contributed by atoms with van der Waals surface area (Å²) < 4.78 is 10.7. The zero-order valence-electron chi connectivity index (χ0n) is 10.9. The zero-order valence-corrected chi connectivity index (χ0v) is 10.9. The van der Waals surface area contributed by atoms with Crippen LogP contribution in [0.4, 0.5) is 0 Å². The second kappa shape index (κ2) is 5.41. The molecule has 0 saturated heterocycles. The van der Waals surface area contributed by atoms with Gasteiger partial charge < -0.3 is 14.8 Å². The van der Waals surface area contributed by atoms with E-state index in [1.807, 2.05) is 7.05 Å². The van der Waals surface area contributed by atoms with E-state index in [1.165, 1.54) is 24.0 Å². The highest BCUT2D eigenvalue weighted by molar-refractivity contribution is 5.49. The minimum atomic E-state index is 0.601. The molecule has 1 aliphatic carbocycles. The van der Waals surface area contributed by atoms with Crippen molar-refractivity contribution in [3.8, 4) is 11.5 Å². The van der Waals surface area contributed by atoms with Gasteiger partial charge in [0.1, 0.15) is 0 Å². The van der Waals surface area contributed by atoms with Crippen LogP contribution in [0.3, 0.4) is 0 Å². The summed E-state index contributed by atoms with van der Waals surface area (Å²) in [5.41, 5.74) is 2.83. The molecule has 17 heavy (non-hydrogen) atoms. The molecule has 0 aromatic heterocycles. The standard InChI is InChI=1S/C14H21NO2/c1-15-9-11-6-4-5-10-7-13(16-2)14(17-3)8-12(10)11/h7-8,11,15H,4-6,9H2,1-3H3. The Balaban J connectivity index is 2.39. The molecule has 1 aromatic rings. The van der Waals surface area contributed by atoms with E-state index in [4.69, 9.17) is 9.47 Å². The summed E-state index contributed by atoms with van der Waals surface area (Å²) >= 11 is 0. The summed E-state index contributed by atoms with van der Waals surface area (Å²) in [6, 6.07) is 4.28. The molecule has 0 aliphatic heterocycles. The minimum Gasteiger partial charge on any atom is -0.493 e. The molecule has 0 amide bonds. The van der Waals surface area contributed by atoms with Crippen LogP contribution in [0.2, 0.25) is 0 Å². The normalized spacial score (nSPS) is 18.6. The fourth-order valence-electron chi connectivity index (χ4n) is 2.69. The summed E-state index contributed by atoms with van der Waals surface area (Å²) in [6.45, 7) is 1.03. The van der Waals surface area contributed by atoms with Gasteiger partial charge in [0.05, 0.1) is 14.2 Å². The van der Waals surface area contributed by atoms with Gasteiger partial charge in [-0.05, 0) is 55.5 Å². The van der Waals surface area contributed by atoms with Gasteiger partial charge in [0, 0.05) is 6.54 Å². The molecule has 0 heterocycles. The second-order valence-electron chi connectivity index (χ2n) is 4.55. The van der Waals surface area contributed by atoms with Crippen LogP contribution in [0.5, 0.6) is 11.5 Å². The summed E-state index contributed by atoms with van der Waals surface area (Å²) in [5.74, 6) is 2.29. The van der Waals surface area contributed by atoms with E-state index >= 15 is 0 Å². The quantitative estimate of drug-likeness (QED) is 0.869. The summed E-state index contributed by atoms with van der Waals surface area (Å²) in [6.07, 6.45) is 3.66. The molecule has 2 rings (SSSR count). The first kappa shape index (κ1) is 12.2. The number of aryl methyl sites for hydroxylation is 1. The smallest absolute Gasteiger partial charge is 0.161 e.